The van der Waals surface area contributed by atoms with Crippen LogP contribution in [0.25, 0.3) is 21.8 Å². The average Bonchev–Trinajstić information content (AvgIpc) is 2.92. The first-order valence-corrected chi connectivity index (χ1v) is 6.89. The molecule has 1 heterocycles. The van der Waals surface area contributed by atoms with Gasteiger partial charge < -0.3 is 0 Å². The lowest BCUT2D eigenvalue weighted by atomic mass is 10.1. The van der Waals surface area contributed by atoms with Crippen molar-refractivity contribution >= 4 is 11.3 Å². The van der Waals surface area contributed by atoms with E-state index in [2.05, 4.69) is 4.98 Å². The predicted molar refractivity (Wildman–Crippen MR) is 77.7 cm³/mol. The second-order valence-corrected chi connectivity index (χ2v) is 5.22. The van der Waals surface area contributed by atoms with Crippen molar-refractivity contribution in [2.45, 2.75) is 6.92 Å². The number of nitrogens with zero attached hydrogens (tertiary/aromatic N) is 1. The number of thiazole rings is 1. The van der Waals surface area contributed by atoms with Gasteiger partial charge in [-0.3, -0.25) is 0 Å². The first kappa shape index (κ1) is 12.1. The van der Waals surface area contributed by atoms with Crippen molar-refractivity contribution in [3.8, 4) is 21.8 Å². The minimum atomic E-state index is -0.225. The molecule has 0 amide bonds. The molecule has 0 N–H and O–H groups in total. The van der Waals surface area contributed by atoms with Crippen molar-refractivity contribution in [3.05, 3.63) is 65.3 Å². The Morgan fingerprint density at radius 1 is 1.05 bits per heavy atom. The minimum absolute atomic E-state index is 0.225. The fraction of sp³-hybridized carbons (Fsp3) is 0.0625. The molecule has 0 spiro atoms. The number of hydrogen-bond acceptors (Lipinski definition) is 2. The van der Waals surface area contributed by atoms with Crippen molar-refractivity contribution in [1.29, 1.82) is 0 Å². The van der Waals surface area contributed by atoms with Gasteiger partial charge in [-0.25, -0.2) is 9.37 Å². The summed E-state index contributed by atoms with van der Waals surface area (Å²) in [5.41, 5.74) is 3.92. The van der Waals surface area contributed by atoms with Gasteiger partial charge in [-0.05, 0) is 24.6 Å². The molecule has 0 atom stereocenters. The quantitative estimate of drug-likeness (QED) is 0.643. The second-order valence-electron chi connectivity index (χ2n) is 4.36. The number of benzene rings is 2. The highest BCUT2D eigenvalue weighted by molar-refractivity contribution is 7.13. The van der Waals surface area contributed by atoms with Gasteiger partial charge in [-0.1, -0.05) is 36.4 Å². The molecule has 0 saturated carbocycles. The summed E-state index contributed by atoms with van der Waals surface area (Å²) in [4.78, 5) is 4.60. The first-order valence-electron chi connectivity index (χ1n) is 6.01. The lowest BCUT2D eigenvalue weighted by Gasteiger charge is -2.01. The highest BCUT2D eigenvalue weighted by atomic mass is 32.1. The molecule has 3 aromatic rings. The number of halogens is 1. The average molecular weight is 269 g/mol. The maximum atomic E-state index is 13.3. The van der Waals surface area contributed by atoms with Gasteiger partial charge in [0.1, 0.15) is 10.8 Å². The minimum Gasteiger partial charge on any atom is -0.236 e. The Morgan fingerprint density at radius 2 is 1.84 bits per heavy atom. The van der Waals surface area contributed by atoms with E-state index in [-0.39, 0.29) is 5.82 Å². The first-order chi connectivity index (χ1) is 9.24. The molecule has 0 radical (unpaired) electrons. The molecule has 19 heavy (non-hydrogen) atoms. The van der Waals surface area contributed by atoms with E-state index in [9.17, 15) is 4.39 Å². The van der Waals surface area contributed by atoms with Gasteiger partial charge in [0.25, 0.3) is 0 Å². The van der Waals surface area contributed by atoms with Crippen LogP contribution in [0, 0.1) is 12.7 Å². The molecule has 0 saturated heterocycles. The third kappa shape index (κ3) is 2.42. The number of aryl methyl sites for hydroxylation is 1. The zero-order valence-electron chi connectivity index (χ0n) is 10.4. The lowest BCUT2D eigenvalue weighted by molar-refractivity contribution is 0.628. The summed E-state index contributed by atoms with van der Waals surface area (Å²) < 4.78 is 13.3. The summed E-state index contributed by atoms with van der Waals surface area (Å²) in [5.74, 6) is -0.225. The molecule has 0 fully saturated rings. The predicted octanol–water partition coefficient (Wildman–Crippen LogP) is 4.92. The van der Waals surface area contributed by atoms with Crippen LogP contribution >= 0.6 is 11.3 Å². The van der Waals surface area contributed by atoms with Crippen LogP contribution in [0.1, 0.15) is 5.56 Å². The molecule has 0 aliphatic heterocycles. The van der Waals surface area contributed by atoms with E-state index in [0.717, 1.165) is 27.4 Å². The summed E-state index contributed by atoms with van der Waals surface area (Å²) in [7, 11) is 0. The van der Waals surface area contributed by atoms with Crippen LogP contribution < -0.4 is 0 Å². The van der Waals surface area contributed by atoms with Crippen LogP contribution in [-0.2, 0) is 0 Å². The van der Waals surface area contributed by atoms with Gasteiger partial charge in [-0.15, -0.1) is 11.3 Å². The summed E-state index contributed by atoms with van der Waals surface area (Å²) in [5, 5.41) is 2.87. The third-order valence-corrected chi connectivity index (χ3v) is 3.88. The van der Waals surface area contributed by atoms with Crippen LogP contribution in [0.2, 0.25) is 0 Å². The Balaban J connectivity index is 2.04. The fourth-order valence-electron chi connectivity index (χ4n) is 1.96. The Kier molecular flexibility index (Phi) is 3.13. The third-order valence-electron chi connectivity index (χ3n) is 3.00. The summed E-state index contributed by atoms with van der Waals surface area (Å²) >= 11 is 1.54. The molecule has 3 rings (SSSR count). The van der Waals surface area contributed by atoms with Crippen LogP contribution in [-0.4, -0.2) is 4.98 Å². The van der Waals surface area contributed by atoms with Crippen molar-refractivity contribution < 1.29 is 4.39 Å². The lowest BCUT2D eigenvalue weighted by Crippen LogP contribution is -1.85. The summed E-state index contributed by atoms with van der Waals surface area (Å²) in [6, 6.07) is 14.8. The van der Waals surface area contributed by atoms with Gasteiger partial charge in [0.15, 0.2) is 0 Å². The van der Waals surface area contributed by atoms with Crippen molar-refractivity contribution in [1.82, 2.24) is 4.98 Å². The molecule has 3 heteroatoms. The second kappa shape index (κ2) is 4.94. The number of hydrogen-bond donors (Lipinski definition) is 0. The molecule has 0 unspecified atom stereocenters. The van der Waals surface area contributed by atoms with E-state index in [0.29, 0.717) is 0 Å². The van der Waals surface area contributed by atoms with E-state index in [1.54, 1.807) is 23.5 Å². The molecule has 1 aromatic heterocycles. The Bertz CT molecular complexity index is 704. The van der Waals surface area contributed by atoms with Crippen molar-refractivity contribution in [2.75, 3.05) is 0 Å². The van der Waals surface area contributed by atoms with Crippen molar-refractivity contribution in [2.24, 2.45) is 0 Å². The topological polar surface area (TPSA) is 12.9 Å². The Labute approximate surface area is 115 Å². The van der Waals surface area contributed by atoms with Crippen LogP contribution in [0.15, 0.2) is 53.9 Å². The molecular formula is C16H12FNS. The zero-order chi connectivity index (χ0) is 13.2. The molecule has 0 bridgehead atoms. The van der Waals surface area contributed by atoms with Gasteiger partial charge in [0, 0.05) is 16.5 Å². The monoisotopic (exact) mass is 269 g/mol. The van der Waals surface area contributed by atoms with Gasteiger partial charge in [-0.2, -0.15) is 0 Å². The summed E-state index contributed by atoms with van der Waals surface area (Å²) in [6.45, 7) is 1.97. The highest BCUT2D eigenvalue weighted by Crippen LogP contribution is 2.31. The van der Waals surface area contributed by atoms with Gasteiger partial charge in [0.2, 0.25) is 0 Å². The van der Waals surface area contributed by atoms with Gasteiger partial charge in [0.05, 0.1) is 5.69 Å². The van der Waals surface area contributed by atoms with E-state index in [4.69, 9.17) is 0 Å². The van der Waals surface area contributed by atoms with Crippen molar-refractivity contribution in [3.63, 3.8) is 0 Å². The van der Waals surface area contributed by atoms with Crippen LogP contribution in [0.3, 0.4) is 0 Å². The van der Waals surface area contributed by atoms with Crippen LogP contribution in [0.5, 0.6) is 0 Å². The number of rotatable bonds is 2. The van der Waals surface area contributed by atoms with E-state index in [1.807, 2.05) is 42.6 Å². The maximum absolute atomic E-state index is 13.3. The normalized spacial score (nSPS) is 10.6. The molecule has 0 aliphatic rings. The molecule has 2 aromatic carbocycles. The summed E-state index contributed by atoms with van der Waals surface area (Å²) in [6.07, 6.45) is 0. The molecule has 94 valence electrons. The molecule has 1 nitrogen and oxygen atoms in total. The zero-order valence-corrected chi connectivity index (χ0v) is 11.2. The van der Waals surface area contributed by atoms with E-state index < -0.39 is 0 Å². The fourth-order valence-corrected chi connectivity index (χ4v) is 2.87. The van der Waals surface area contributed by atoms with E-state index in [1.165, 1.54) is 6.07 Å². The maximum Gasteiger partial charge on any atom is 0.124 e. The molecular weight excluding hydrogens is 257 g/mol. The highest BCUT2D eigenvalue weighted by Gasteiger charge is 2.09. The smallest absolute Gasteiger partial charge is 0.124 e. The van der Waals surface area contributed by atoms with Gasteiger partial charge >= 0.3 is 0 Å². The Morgan fingerprint density at radius 3 is 2.63 bits per heavy atom. The van der Waals surface area contributed by atoms with E-state index >= 15 is 0 Å². The SMILES string of the molecule is Cc1ccc(F)cc1-c1nc(-c2ccccc2)cs1. The molecule has 0 aliphatic carbocycles. The Hall–Kier alpha value is -2.00. The van der Waals surface area contributed by atoms with Crippen LogP contribution in [0.4, 0.5) is 4.39 Å². The largest absolute Gasteiger partial charge is 0.236 e. The standard InChI is InChI=1S/C16H12FNS/c1-11-7-8-13(17)9-14(11)16-18-15(10-19-16)12-5-3-2-4-6-12/h2-10H,1H3. The number of aromatic nitrogens is 1.